The summed E-state index contributed by atoms with van der Waals surface area (Å²) < 4.78 is 0. The third-order valence-corrected chi connectivity index (χ3v) is 3.52. The highest BCUT2D eigenvalue weighted by molar-refractivity contribution is 5.95. The molecule has 22 heavy (non-hydrogen) atoms. The number of carbonyl (C=O) groups excluding carboxylic acids is 4. The van der Waals surface area contributed by atoms with Crippen LogP contribution < -0.4 is 10.6 Å². The molecule has 2 aliphatic heterocycles. The Bertz CT molecular complexity index is 416. The first kappa shape index (κ1) is 16.3. The number of nitrogens with one attached hydrogen (secondary N) is 2. The normalized spacial score (nSPS) is 15.3. The molecule has 2 aliphatic rings. The van der Waals surface area contributed by atoms with Crippen LogP contribution in [0, 0.1) is 0 Å². The van der Waals surface area contributed by atoms with Gasteiger partial charge in [-0.2, -0.15) is 0 Å². The number of hydrogen-bond donors (Lipinski definition) is 2. The van der Waals surface area contributed by atoms with Crippen LogP contribution in [0.4, 0.5) is 9.59 Å². The largest absolute Gasteiger partial charge is 0.324 e. The molecule has 0 unspecified atom stereocenters. The molecule has 0 spiro atoms. The van der Waals surface area contributed by atoms with Crippen LogP contribution in [0.5, 0.6) is 0 Å². The predicted molar refractivity (Wildman–Crippen MR) is 77.9 cm³/mol. The van der Waals surface area contributed by atoms with Gasteiger partial charge in [0.2, 0.25) is 11.8 Å². The van der Waals surface area contributed by atoms with Gasteiger partial charge in [-0.3, -0.25) is 20.2 Å². The summed E-state index contributed by atoms with van der Waals surface area (Å²) in [7, 11) is 0. The van der Waals surface area contributed by atoms with Crippen molar-refractivity contribution in [2.45, 2.75) is 38.5 Å². The lowest BCUT2D eigenvalue weighted by atomic mass is 10.1. The summed E-state index contributed by atoms with van der Waals surface area (Å²) in [4.78, 5) is 48.6. The van der Waals surface area contributed by atoms with Gasteiger partial charge in [0.25, 0.3) is 0 Å². The SMILES string of the molecule is O=C(CCCCCCC(=O)NC(=O)N1CC1)NC(=O)N1CC1. The van der Waals surface area contributed by atoms with Crippen molar-refractivity contribution in [1.29, 1.82) is 0 Å². The fourth-order valence-corrected chi connectivity index (χ4v) is 1.95. The molecule has 0 atom stereocenters. The Labute approximate surface area is 129 Å². The van der Waals surface area contributed by atoms with Gasteiger partial charge in [0.05, 0.1) is 0 Å². The molecule has 2 rings (SSSR count). The predicted octanol–water partition coefficient (Wildman–Crippen LogP) is 0.431. The number of carbonyl (C=O) groups is 4. The van der Waals surface area contributed by atoms with E-state index in [1.165, 1.54) is 0 Å². The minimum absolute atomic E-state index is 0.251. The molecular weight excluding hydrogens is 288 g/mol. The Morgan fingerprint density at radius 3 is 1.32 bits per heavy atom. The number of imide groups is 2. The zero-order chi connectivity index (χ0) is 15.9. The molecule has 2 N–H and O–H groups in total. The fourth-order valence-electron chi connectivity index (χ4n) is 1.95. The minimum atomic E-state index is -0.308. The molecule has 6 amide bonds. The van der Waals surface area contributed by atoms with Gasteiger partial charge in [0.1, 0.15) is 0 Å². The van der Waals surface area contributed by atoms with Gasteiger partial charge >= 0.3 is 12.1 Å². The van der Waals surface area contributed by atoms with Crippen LogP contribution in [0.1, 0.15) is 38.5 Å². The van der Waals surface area contributed by atoms with Crippen molar-refractivity contribution in [3.8, 4) is 0 Å². The molecule has 0 bridgehead atoms. The van der Waals surface area contributed by atoms with Gasteiger partial charge in [-0.1, -0.05) is 12.8 Å². The average Bonchev–Trinajstić information content (AvgIpc) is 3.33. The zero-order valence-corrected chi connectivity index (χ0v) is 12.6. The third kappa shape index (κ3) is 6.11. The number of hydrogen-bond acceptors (Lipinski definition) is 4. The van der Waals surface area contributed by atoms with E-state index in [0.717, 1.165) is 39.0 Å². The Morgan fingerprint density at radius 1 is 0.636 bits per heavy atom. The van der Waals surface area contributed by atoms with Crippen LogP contribution in [0.15, 0.2) is 0 Å². The smallest absolute Gasteiger partial charge is 0.321 e. The number of nitrogens with zero attached hydrogens (tertiary/aromatic N) is 2. The van der Waals surface area contributed by atoms with Crippen LogP contribution in [0.2, 0.25) is 0 Å². The van der Waals surface area contributed by atoms with Crippen LogP contribution in [-0.2, 0) is 9.59 Å². The van der Waals surface area contributed by atoms with Crippen LogP contribution in [0.25, 0.3) is 0 Å². The number of unbranched alkanes of at least 4 members (excludes halogenated alkanes) is 3. The second-order valence-electron chi connectivity index (χ2n) is 5.59. The van der Waals surface area contributed by atoms with Crippen molar-refractivity contribution in [1.82, 2.24) is 20.4 Å². The summed E-state index contributed by atoms with van der Waals surface area (Å²) in [6.45, 7) is 2.89. The van der Waals surface area contributed by atoms with Crippen LogP contribution in [-0.4, -0.2) is 59.9 Å². The second kappa shape index (κ2) is 7.77. The molecular formula is C14H22N4O4. The van der Waals surface area contributed by atoms with E-state index < -0.39 is 0 Å². The first-order chi connectivity index (χ1) is 10.6. The molecule has 0 radical (unpaired) electrons. The molecule has 2 fully saturated rings. The van der Waals surface area contributed by atoms with Crippen molar-refractivity contribution >= 4 is 23.9 Å². The maximum absolute atomic E-state index is 11.5. The highest BCUT2D eigenvalue weighted by atomic mass is 16.2. The first-order valence-electron chi connectivity index (χ1n) is 7.74. The molecule has 2 heterocycles. The van der Waals surface area contributed by atoms with Crippen molar-refractivity contribution in [3.05, 3.63) is 0 Å². The van der Waals surface area contributed by atoms with Crippen molar-refractivity contribution < 1.29 is 19.2 Å². The van der Waals surface area contributed by atoms with Gasteiger partial charge in [0.15, 0.2) is 0 Å². The molecule has 8 heteroatoms. The molecule has 0 saturated carbocycles. The van der Waals surface area contributed by atoms with Gasteiger partial charge in [-0.25, -0.2) is 9.59 Å². The summed E-state index contributed by atoms with van der Waals surface area (Å²) in [6, 6.07) is -0.615. The van der Waals surface area contributed by atoms with Gasteiger partial charge in [-0.15, -0.1) is 0 Å². The lowest BCUT2D eigenvalue weighted by molar-refractivity contribution is -0.121. The summed E-state index contributed by atoms with van der Waals surface area (Å²) >= 11 is 0. The molecule has 8 nitrogen and oxygen atoms in total. The topological polar surface area (TPSA) is 98.4 Å². The lowest BCUT2D eigenvalue weighted by Crippen LogP contribution is -2.34. The number of amides is 6. The Balaban J connectivity index is 1.41. The van der Waals surface area contributed by atoms with E-state index >= 15 is 0 Å². The molecule has 122 valence electrons. The third-order valence-electron chi connectivity index (χ3n) is 3.52. The van der Waals surface area contributed by atoms with Crippen molar-refractivity contribution in [2.75, 3.05) is 26.2 Å². The summed E-state index contributed by atoms with van der Waals surface area (Å²) in [5, 5.41) is 4.66. The standard InChI is InChI=1S/C14H22N4O4/c19-11(15-13(21)17-7-8-17)5-3-1-2-4-6-12(20)16-14(22)18-9-10-18/h1-10H2,(H,15,19,21)(H,16,20,22). The van der Waals surface area contributed by atoms with E-state index in [-0.39, 0.29) is 23.9 Å². The molecule has 0 aromatic carbocycles. The molecule has 0 aromatic rings. The van der Waals surface area contributed by atoms with Gasteiger partial charge in [0, 0.05) is 39.0 Å². The van der Waals surface area contributed by atoms with E-state index in [1.807, 2.05) is 0 Å². The molecule has 0 aromatic heterocycles. The molecule has 0 aliphatic carbocycles. The lowest BCUT2D eigenvalue weighted by Gasteiger charge is -2.05. The quantitative estimate of drug-likeness (QED) is 0.526. The monoisotopic (exact) mass is 310 g/mol. The zero-order valence-electron chi connectivity index (χ0n) is 12.6. The van der Waals surface area contributed by atoms with Crippen LogP contribution >= 0.6 is 0 Å². The van der Waals surface area contributed by atoms with E-state index in [2.05, 4.69) is 10.6 Å². The highest BCUT2D eigenvalue weighted by Crippen LogP contribution is 2.07. The minimum Gasteiger partial charge on any atom is -0.321 e. The van der Waals surface area contributed by atoms with E-state index in [1.54, 1.807) is 9.80 Å². The van der Waals surface area contributed by atoms with Gasteiger partial charge in [-0.05, 0) is 12.8 Å². The number of urea groups is 2. The van der Waals surface area contributed by atoms with Crippen molar-refractivity contribution in [3.63, 3.8) is 0 Å². The van der Waals surface area contributed by atoms with Gasteiger partial charge < -0.3 is 9.80 Å². The van der Waals surface area contributed by atoms with E-state index in [4.69, 9.17) is 0 Å². The van der Waals surface area contributed by atoms with Crippen molar-refractivity contribution in [2.24, 2.45) is 0 Å². The number of rotatable bonds is 7. The molecule has 2 saturated heterocycles. The average molecular weight is 310 g/mol. The first-order valence-corrected chi connectivity index (χ1v) is 7.74. The summed E-state index contributed by atoms with van der Waals surface area (Å²) in [5.74, 6) is -0.502. The van der Waals surface area contributed by atoms with Crippen LogP contribution in [0.3, 0.4) is 0 Å². The Kier molecular flexibility index (Phi) is 5.74. The van der Waals surface area contributed by atoms with E-state index in [9.17, 15) is 19.2 Å². The maximum atomic E-state index is 11.5. The Hall–Kier alpha value is -2.12. The Morgan fingerprint density at radius 2 is 1.00 bits per heavy atom. The maximum Gasteiger partial charge on any atom is 0.324 e. The summed E-state index contributed by atoms with van der Waals surface area (Å²) in [6.07, 6.45) is 3.65. The fraction of sp³-hybridized carbons (Fsp3) is 0.714. The summed E-state index contributed by atoms with van der Waals surface area (Å²) in [5.41, 5.74) is 0. The second-order valence-corrected chi connectivity index (χ2v) is 5.59. The highest BCUT2D eigenvalue weighted by Gasteiger charge is 2.25. The van der Waals surface area contributed by atoms with E-state index in [0.29, 0.717) is 25.7 Å².